The highest BCUT2D eigenvalue weighted by Crippen LogP contribution is 2.72. The first-order valence-electron chi connectivity index (χ1n) is 12.8. The second kappa shape index (κ2) is 8.90. The first-order valence-corrected chi connectivity index (χ1v) is 13.4. The van der Waals surface area contributed by atoms with Crippen LogP contribution in [0.1, 0.15) is 85.0 Å². The Morgan fingerprint density at radius 2 is 1.76 bits per heavy atom. The lowest BCUT2D eigenvalue weighted by atomic mass is 9.44. The van der Waals surface area contributed by atoms with Gasteiger partial charge in [-0.15, -0.1) is 9.24 Å². The highest BCUT2D eigenvalue weighted by atomic mass is 31.0. The number of carboxylic acids is 1. The fourth-order valence-corrected chi connectivity index (χ4v) is 9.53. The van der Waals surface area contributed by atoms with Crippen LogP contribution in [0, 0.1) is 40.4 Å². The van der Waals surface area contributed by atoms with Gasteiger partial charge >= 0.3 is 11.9 Å². The van der Waals surface area contributed by atoms with Crippen molar-refractivity contribution in [2.24, 2.45) is 40.4 Å². The fourth-order valence-electron chi connectivity index (χ4n) is 8.61. The number of carboxylic acid groups (broad SMARTS) is 1. The number of aliphatic hydroxyl groups excluding tert-OH is 1. The number of carbonyl (C=O) groups excluding carboxylic acids is 2. The molecule has 4 aliphatic rings. The number of hydrogen-bond donors (Lipinski definition) is 2. The molecule has 4 rings (SSSR count). The molecule has 0 spiro atoms. The summed E-state index contributed by atoms with van der Waals surface area (Å²) < 4.78 is 5.08. The van der Waals surface area contributed by atoms with Crippen LogP contribution >= 0.6 is 9.24 Å². The topological polar surface area (TPSA) is 101 Å². The Morgan fingerprint density at radius 1 is 1.03 bits per heavy atom. The molecule has 4 fully saturated rings. The van der Waals surface area contributed by atoms with Crippen molar-refractivity contribution >= 4 is 27.0 Å². The predicted octanol–water partition coefficient (Wildman–Crippen LogP) is 4.23. The Hall–Kier alpha value is -1.00. The van der Waals surface area contributed by atoms with Gasteiger partial charge in [0.05, 0.1) is 6.42 Å². The van der Waals surface area contributed by atoms with Gasteiger partial charge in [0.15, 0.2) is 11.9 Å². The quantitative estimate of drug-likeness (QED) is 0.436. The predicted molar refractivity (Wildman–Crippen MR) is 128 cm³/mol. The minimum atomic E-state index is -1.80. The van der Waals surface area contributed by atoms with Crippen molar-refractivity contribution in [1.82, 2.24) is 0 Å². The Bertz CT molecular complexity index is 815. The smallest absolute Gasteiger partial charge is 0.333 e. The van der Waals surface area contributed by atoms with Crippen LogP contribution in [0.25, 0.3) is 0 Å². The maximum Gasteiger partial charge on any atom is 0.333 e. The molecule has 0 aliphatic heterocycles. The Morgan fingerprint density at radius 3 is 2.45 bits per heavy atom. The highest BCUT2D eigenvalue weighted by Gasteiger charge is 2.66. The zero-order valence-corrected chi connectivity index (χ0v) is 21.5. The van der Waals surface area contributed by atoms with Crippen molar-refractivity contribution in [2.45, 2.75) is 96.2 Å². The largest absolute Gasteiger partial charge is 0.479 e. The van der Waals surface area contributed by atoms with E-state index in [0.29, 0.717) is 11.3 Å². The van der Waals surface area contributed by atoms with E-state index in [2.05, 4.69) is 30.0 Å². The molecule has 0 aromatic heterocycles. The number of hydrogen-bond acceptors (Lipinski definition) is 5. The monoisotopic (exact) mass is 480 g/mol. The van der Waals surface area contributed by atoms with Gasteiger partial charge in [-0.3, -0.25) is 9.59 Å². The fraction of sp³-hybridized carbons (Fsp3) is 0.885. The number of ether oxygens (including phenoxy) is 1. The SMILES string of the molecule is C[C@H]1CC[C@@]2(C)C(CC[C@@H]3C2CC[C@]2(C)[C@@H](C(=O)COC(=O)CC(O)C(=O)O)CC[C@@]32P)C1. The number of rotatable bonds is 6. The summed E-state index contributed by atoms with van der Waals surface area (Å²) in [5.74, 6) is 0.475. The molecule has 7 heteroatoms. The molecule has 10 atom stereocenters. The number of aliphatic carboxylic acids is 1. The minimum absolute atomic E-state index is 0.0385. The van der Waals surface area contributed by atoms with Crippen LogP contribution in [0.2, 0.25) is 0 Å². The number of aliphatic hydroxyl groups is 1. The molecule has 186 valence electrons. The molecule has 33 heavy (non-hydrogen) atoms. The standard InChI is InChI=1S/C26H41O6P/c1-15-6-9-24(2)16(12-15)4-5-18-17(24)7-10-25(3)19(8-11-26(18,25)33)21(28)14-32-22(29)13-20(27)23(30)31/h15-20,27H,4-14,33H2,1-3H3,(H,30,31)/t15-,16?,17?,18+,19+,20?,24-,25+,26+/m0/s1. The van der Waals surface area contributed by atoms with Crippen LogP contribution in [0.5, 0.6) is 0 Å². The molecule has 0 saturated heterocycles. The summed E-state index contributed by atoms with van der Waals surface area (Å²) in [4.78, 5) is 35.8. The van der Waals surface area contributed by atoms with Gasteiger partial charge in [-0.1, -0.05) is 27.2 Å². The van der Waals surface area contributed by atoms with Gasteiger partial charge in [0.2, 0.25) is 0 Å². The molecule has 0 amide bonds. The lowest BCUT2D eigenvalue weighted by Crippen LogP contribution is -2.60. The van der Waals surface area contributed by atoms with E-state index in [1.165, 1.54) is 38.5 Å². The van der Waals surface area contributed by atoms with E-state index in [-0.39, 0.29) is 28.9 Å². The first-order chi connectivity index (χ1) is 15.4. The lowest BCUT2D eigenvalue weighted by molar-refractivity contribution is -0.158. The maximum atomic E-state index is 13.2. The minimum Gasteiger partial charge on any atom is -0.479 e. The molecule has 4 unspecified atom stereocenters. The van der Waals surface area contributed by atoms with Crippen LogP contribution in [-0.4, -0.2) is 45.8 Å². The molecule has 0 aromatic rings. The number of Topliss-reactive ketones (excluding diaryl/α,β-unsaturated/α-hetero) is 1. The molecular weight excluding hydrogens is 439 g/mol. The molecule has 4 aliphatic carbocycles. The van der Waals surface area contributed by atoms with Gasteiger partial charge in [0.25, 0.3) is 0 Å². The zero-order chi connectivity index (χ0) is 24.2. The third-order valence-corrected chi connectivity index (χ3v) is 12.1. The summed E-state index contributed by atoms with van der Waals surface area (Å²) in [5.41, 5.74) is 0.289. The van der Waals surface area contributed by atoms with Gasteiger partial charge in [-0.2, -0.15) is 0 Å². The van der Waals surface area contributed by atoms with Crippen molar-refractivity contribution in [3.8, 4) is 0 Å². The number of ketones is 1. The summed E-state index contributed by atoms with van der Waals surface area (Å²) >= 11 is 0. The van der Waals surface area contributed by atoms with Crippen molar-refractivity contribution in [2.75, 3.05) is 6.61 Å². The lowest BCUT2D eigenvalue weighted by Gasteiger charge is -2.64. The van der Waals surface area contributed by atoms with E-state index in [9.17, 15) is 19.5 Å². The summed E-state index contributed by atoms with van der Waals surface area (Å²) in [6, 6.07) is 0. The summed E-state index contributed by atoms with van der Waals surface area (Å²) in [5, 5.41) is 18.1. The third-order valence-electron chi connectivity index (χ3n) is 10.7. The van der Waals surface area contributed by atoms with E-state index in [0.717, 1.165) is 37.0 Å². The van der Waals surface area contributed by atoms with E-state index < -0.39 is 24.5 Å². The normalized spacial score (nSPS) is 45.3. The zero-order valence-electron chi connectivity index (χ0n) is 20.3. The van der Waals surface area contributed by atoms with Crippen molar-refractivity contribution in [1.29, 1.82) is 0 Å². The number of carbonyl (C=O) groups is 3. The molecule has 0 aromatic carbocycles. The van der Waals surface area contributed by atoms with E-state index in [1.54, 1.807) is 0 Å². The highest BCUT2D eigenvalue weighted by molar-refractivity contribution is 7.19. The second-order valence-electron chi connectivity index (χ2n) is 12.1. The van der Waals surface area contributed by atoms with Gasteiger partial charge < -0.3 is 14.9 Å². The average molecular weight is 481 g/mol. The Balaban J connectivity index is 1.45. The van der Waals surface area contributed by atoms with E-state index in [1.807, 2.05) is 0 Å². The maximum absolute atomic E-state index is 13.2. The van der Waals surface area contributed by atoms with Crippen molar-refractivity contribution in [3.05, 3.63) is 0 Å². The van der Waals surface area contributed by atoms with Crippen molar-refractivity contribution in [3.63, 3.8) is 0 Å². The van der Waals surface area contributed by atoms with Gasteiger partial charge in [0, 0.05) is 5.92 Å². The molecule has 4 saturated carbocycles. The molecule has 6 nitrogen and oxygen atoms in total. The molecular formula is C26H41O6P. The summed E-state index contributed by atoms with van der Waals surface area (Å²) in [7, 11) is 3.24. The van der Waals surface area contributed by atoms with Gasteiger partial charge in [0.1, 0.15) is 6.61 Å². The summed E-state index contributed by atoms with van der Waals surface area (Å²) in [6.07, 6.45) is 8.16. The number of esters is 1. The molecule has 0 heterocycles. The van der Waals surface area contributed by atoms with E-state index >= 15 is 0 Å². The van der Waals surface area contributed by atoms with Crippen LogP contribution in [0.3, 0.4) is 0 Å². The third kappa shape index (κ3) is 4.07. The van der Waals surface area contributed by atoms with Crippen LogP contribution < -0.4 is 0 Å². The summed E-state index contributed by atoms with van der Waals surface area (Å²) in [6.45, 7) is 6.90. The van der Waals surface area contributed by atoms with Crippen LogP contribution in [-0.2, 0) is 19.1 Å². The number of fused-ring (bicyclic) bond motifs is 5. The van der Waals surface area contributed by atoms with Gasteiger partial charge in [-0.05, 0) is 91.0 Å². The van der Waals surface area contributed by atoms with E-state index in [4.69, 9.17) is 9.84 Å². The van der Waals surface area contributed by atoms with Crippen molar-refractivity contribution < 1.29 is 29.3 Å². The Labute approximate surface area is 199 Å². The molecule has 0 bridgehead atoms. The first kappa shape index (κ1) is 25.1. The van der Waals surface area contributed by atoms with Crippen LogP contribution in [0.4, 0.5) is 0 Å². The van der Waals surface area contributed by atoms with Crippen LogP contribution in [0.15, 0.2) is 0 Å². The van der Waals surface area contributed by atoms with Gasteiger partial charge in [-0.25, -0.2) is 4.79 Å². The second-order valence-corrected chi connectivity index (χ2v) is 13.2. The average Bonchev–Trinajstić information content (AvgIpc) is 3.04. The molecule has 0 radical (unpaired) electrons. The molecule has 2 N–H and O–H groups in total. The Kier molecular flexibility index (Phi) is 6.77.